The maximum atomic E-state index is 11.8. The van der Waals surface area contributed by atoms with Gasteiger partial charge in [-0.25, -0.2) is 0 Å². The standard InChI is InChI=1S/C13H19N3O3/c1-4-19-12(17)8-15-13(18)9-5-6-11(16(2)3)10(14)7-9/h5-7H,4,8,14H2,1-3H3,(H,15,18). The van der Waals surface area contributed by atoms with Gasteiger partial charge in [0.1, 0.15) is 6.54 Å². The summed E-state index contributed by atoms with van der Waals surface area (Å²) in [7, 11) is 3.73. The van der Waals surface area contributed by atoms with Crippen molar-refractivity contribution >= 4 is 23.3 Å². The summed E-state index contributed by atoms with van der Waals surface area (Å²) in [5.74, 6) is -0.821. The van der Waals surface area contributed by atoms with Crippen LogP contribution in [0.25, 0.3) is 0 Å². The van der Waals surface area contributed by atoms with Gasteiger partial charge in [-0.3, -0.25) is 9.59 Å². The molecule has 0 radical (unpaired) electrons. The van der Waals surface area contributed by atoms with Gasteiger partial charge in [0, 0.05) is 19.7 Å². The number of anilines is 2. The van der Waals surface area contributed by atoms with Gasteiger partial charge in [0.15, 0.2) is 0 Å². The number of carbonyl (C=O) groups is 2. The number of hydrogen-bond donors (Lipinski definition) is 2. The molecule has 0 fully saturated rings. The third kappa shape index (κ3) is 4.17. The monoisotopic (exact) mass is 265 g/mol. The van der Waals surface area contributed by atoms with Gasteiger partial charge in [0.05, 0.1) is 18.0 Å². The van der Waals surface area contributed by atoms with Crippen LogP contribution in [0.2, 0.25) is 0 Å². The van der Waals surface area contributed by atoms with E-state index in [2.05, 4.69) is 5.32 Å². The predicted molar refractivity (Wildman–Crippen MR) is 74.1 cm³/mol. The van der Waals surface area contributed by atoms with Gasteiger partial charge in [-0.05, 0) is 25.1 Å². The quantitative estimate of drug-likeness (QED) is 0.602. The highest BCUT2D eigenvalue weighted by Crippen LogP contribution is 2.22. The van der Waals surface area contributed by atoms with Gasteiger partial charge in [-0.15, -0.1) is 0 Å². The summed E-state index contributed by atoms with van der Waals surface area (Å²) in [6.07, 6.45) is 0. The second kappa shape index (κ2) is 6.63. The molecule has 0 heterocycles. The number of hydrogen-bond acceptors (Lipinski definition) is 5. The van der Waals surface area contributed by atoms with Crippen LogP contribution in [0.3, 0.4) is 0 Å². The topological polar surface area (TPSA) is 84.7 Å². The zero-order valence-electron chi connectivity index (χ0n) is 11.4. The van der Waals surface area contributed by atoms with Crippen LogP contribution in [0, 0.1) is 0 Å². The van der Waals surface area contributed by atoms with E-state index in [0.29, 0.717) is 17.9 Å². The van der Waals surface area contributed by atoms with E-state index < -0.39 is 5.97 Å². The number of nitrogens with one attached hydrogen (secondary N) is 1. The Bertz CT molecular complexity index is 472. The van der Waals surface area contributed by atoms with Crippen LogP contribution in [-0.2, 0) is 9.53 Å². The van der Waals surface area contributed by atoms with Crippen molar-refractivity contribution in [1.29, 1.82) is 0 Å². The lowest BCUT2D eigenvalue weighted by Crippen LogP contribution is -2.30. The highest BCUT2D eigenvalue weighted by atomic mass is 16.5. The Hall–Kier alpha value is -2.24. The van der Waals surface area contributed by atoms with E-state index in [0.717, 1.165) is 5.69 Å². The Labute approximate surface area is 112 Å². The molecule has 3 N–H and O–H groups in total. The van der Waals surface area contributed by atoms with Gasteiger partial charge in [0.2, 0.25) is 0 Å². The molecule has 0 saturated carbocycles. The number of rotatable bonds is 5. The minimum absolute atomic E-state index is 0.151. The fourth-order valence-corrected chi connectivity index (χ4v) is 1.57. The molecule has 0 aliphatic rings. The van der Waals surface area contributed by atoms with Crippen molar-refractivity contribution in [2.75, 3.05) is 37.9 Å². The van der Waals surface area contributed by atoms with E-state index in [1.807, 2.05) is 19.0 Å². The predicted octanol–water partition coefficient (Wildman–Crippen LogP) is 0.628. The minimum atomic E-state index is -0.464. The van der Waals surface area contributed by atoms with Crippen LogP contribution >= 0.6 is 0 Å². The molecular weight excluding hydrogens is 246 g/mol. The molecule has 0 saturated heterocycles. The average Bonchev–Trinajstić information content (AvgIpc) is 2.35. The summed E-state index contributed by atoms with van der Waals surface area (Å²) in [5.41, 5.74) is 7.60. The summed E-state index contributed by atoms with van der Waals surface area (Å²) < 4.78 is 4.72. The molecule has 6 nitrogen and oxygen atoms in total. The zero-order valence-corrected chi connectivity index (χ0v) is 11.4. The number of esters is 1. The molecule has 1 aromatic rings. The highest BCUT2D eigenvalue weighted by Gasteiger charge is 2.10. The SMILES string of the molecule is CCOC(=O)CNC(=O)c1ccc(N(C)C)c(N)c1. The maximum absolute atomic E-state index is 11.8. The Balaban J connectivity index is 2.68. The first kappa shape index (κ1) is 14.8. The van der Waals surface area contributed by atoms with Gasteiger partial charge in [0.25, 0.3) is 5.91 Å². The van der Waals surface area contributed by atoms with Crippen LogP contribution in [0.1, 0.15) is 17.3 Å². The third-order valence-electron chi connectivity index (χ3n) is 2.47. The van der Waals surface area contributed by atoms with Crippen LogP contribution in [-0.4, -0.2) is 39.1 Å². The van der Waals surface area contributed by atoms with Gasteiger partial charge in [-0.1, -0.05) is 0 Å². The molecular formula is C13H19N3O3. The summed E-state index contributed by atoms with van der Waals surface area (Å²) in [4.78, 5) is 24.8. The van der Waals surface area contributed by atoms with Gasteiger partial charge in [-0.2, -0.15) is 0 Å². The average molecular weight is 265 g/mol. The number of benzene rings is 1. The maximum Gasteiger partial charge on any atom is 0.325 e. The molecule has 0 aromatic heterocycles. The number of ether oxygens (including phenoxy) is 1. The van der Waals surface area contributed by atoms with Crippen molar-refractivity contribution < 1.29 is 14.3 Å². The first-order chi connectivity index (χ1) is 8.95. The fraction of sp³-hybridized carbons (Fsp3) is 0.385. The first-order valence-electron chi connectivity index (χ1n) is 5.96. The first-order valence-corrected chi connectivity index (χ1v) is 5.96. The van der Waals surface area contributed by atoms with E-state index >= 15 is 0 Å². The second-order valence-corrected chi connectivity index (χ2v) is 4.16. The number of nitrogens with two attached hydrogens (primary N) is 1. The van der Waals surface area contributed by atoms with Gasteiger partial charge >= 0.3 is 5.97 Å². The van der Waals surface area contributed by atoms with Crippen molar-refractivity contribution in [3.63, 3.8) is 0 Å². The molecule has 1 amide bonds. The molecule has 0 bridgehead atoms. The van der Waals surface area contributed by atoms with E-state index in [-0.39, 0.29) is 12.5 Å². The smallest absolute Gasteiger partial charge is 0.325 e. The molecule has 1 aromatic carbocycles. The largest absolute Gasteiger partial charge is 0.465 e. The van der Waals surface area contributed by atoms with Gasteiger partial charge < -0.3 is 20.7 Å². The van der Waals surface area contributed by atoms with E-state index in [4.69, 9.17) is 10.5 Å². The van der Waals surface area contributed by atoms with Crippen LogP contribution < -0.4 is 16.0 Å². The number of nitrogens with zero attached hydrogens (tertiary/aromatic N) is 1. The lowest BCUT2D eigenvalue weighted by Gasteiger charge is -2.15. The molecule has 19 heavy (non-hydrogen) atoms. The lowest BCUT2D eigenvalue weighted by atomic mass is 10.1. The van der Waals surface area contributed by atoms with Crippen molar-refractivity contribution in [3.8, 4) is 0 Å². The Morgan fingerprint density at radius 2 is 2.05 bits per heavy atom. The molecule has 0 atom stereocenters. The molecule has 0 aliphatic carbocycles. The number of amides is 1. The molecule has 0 aliphatic heterocycles. The van der Waals surface area contributed by atoms with E-state index in [1.54, 1.807) is 25.1 Å². The molecule has 0 unspecified atom stereocenters. The zero-order chi connectivity index (χ0) is 14.4. The van der Waals surface area contributed by atoms with Crippen LogP contribution in [0.15, 0.2) is 18.2 Å². The molecule has 1 rings (SSSR count). The Morgan fingerprint density at radius 3 is 2.58 bits per heavy atom. The Morgan fingerprint density at radius 1 is 1.37 bits per heavy atom. The summed E-state index contributed by atoms with van der Waals surface area (Å²) in [6, 6.07) is 5.00. The lowest BCUT2D eigenvalue weighted by molar-refractivity contribution is -0.141. The van der Waals surface area contributed by atoms with E-state index in [1.165, 1.54) is 0 Å². The summed E-state index contributed by atoms with van der Waals surface area (Å²) in [5, 5.41) is 2.48. The van der Waals surface area contributed by atoms with E-state index in [9.17, 15) is 9.59 Å². The van der Waals surface area contributed by atoms with Crippen molar-refractivity contribution in [2.45, 2.75) is 6.92 Å². The highest BCUT2D eigenvalue weighted by molar-refractivity contribution is 5.97. The molecule has 0 spiro atoms. The van der Waals surface area contributed by atoms with Crippen molar-refractivity contribution in [3.05, 3.63) is 23.8 Å². The number of nitrogen functional groups attached to an aromatic ring is 1. The number of carbonyl (C=O) groups excluding carboxylic acids is 2. The third-order valence-corrected chi connectivity index (χ3v) is 2.47. The van der Waals surface area contributed by atoms with Crippen LogP contribution in [0.5, 0.6) is 0 Å². The van der Waals surface area contributed by atoms with Crippen molar-refractivity contribution in [2.24, 2.45) is 0 Å². The summed E-state index contributed by atoms with van der Waals surface area (Å²) in [6.45, 7) is 1.85. The van der Waals surface area contributed by atoms with Crippen LogP contribution in [0.4, 0.5) is 11.4 Å². The molecule has 104 valence electrons. The fourth-order valence-electron chi connectivity index (χ4n) is 1.57. The van der Waals surface area contributed by atoms with Crippen molar-refractivity contribution in [1.82, 2.24) is 5.32 Å². The Kier molecular flexibility index (Phi) is 5.17. The minimum Gasteiger partial charge on any atom is -0.465 e. The molecule has 6 heteroatoms. The summed E-state index contributed by atoms with van der Waals surface area (Å²) >= 11 is 0. The normalized spacial score (nSPS) is 9.84. The second-order valence-electron chi connectivity index (χ2n) is 4.16.